The summed E-state index contributed by atoms with van der Waals surface area (Å²) in [7, 11) is 6.52. The Kier molecular flexibility index (Phi) is 8.16. The molecule has 0 aliphatic rings. The lowest BCUT2D eigenvalue weighted by Gasteiger charge is -2.24. The van der Waals surface area contributed by atoms with Crippen molar-refractivity contribution in [2.24, 2.45) is 0 Å². The van der Waals surface area contributed by atoms with Crippen molar-refractivity contribution in [3.63, 3.8) is 0 Å². The molecule has 0 bridgehead atoms. The van der Waals surface area contributed by atoms with Gasteiger partial charge in [0.1, 0.15) is 0 Å². The number of rotatable bonds is 9. The van der Waals surface area contributed by atoms with Crippen LogP contribution < -0.4 is 10.6 Å². The van der Waals surface area contributed by atoms with Crippen LogP contribution in [0.1, 0.15) is 26.7 Å². The molecule has 0 saturated carbocycles. The highest BCUT2D eigenvalue weighted by Crippen LogP contribution is 1.99. The minimum atomic E-state index is 0.0198. The van der Waals surface area contributed by atoms with Gasteiger partial charge in [-0.05, 0) is 20.3 Å². The van der Waals surface area contributed by atoms with Crippen LogP contribution in [0.3, 0.4) is 0 Å². The molecule has 0 aromatic rings. The fourth-order valence-electron chi connectivity index (χ4n) is 1.38. The number of carbonyl (C=O) groups is 1. The highest BCUT2D eigenvalue weighted by molar-refractivity contribution is 5.92. The second-order valence-electron chi connectivity index (χ2n) is 5.88. The standard InChI is InChI=1S/C15H29N3O/c1-7-13(2)15(19)17-11-8-10-16-14(3)9-12-18(4,5)6/h7,16H,3,8-12H2,1-2,4-6H3/p+1. The monoisotopic (exact) mass is 268 g/mol. The Labute approximate surface area is 118 Å². The Morgan fingerprint density at radius 2 is 1.79 bits per heavy atom. The van der Waals surface area contributed by atoms with Crippen LogP contribution in [0.25, 0.3) is 0 Å². The number of quaternary nitrogens is 1. The van der Waals surface area contributed by atoms with Gasteiger partial charge in [0.05, 0.1) is 27.7 Å². The topological polar surface area (TPSA) is 41.1 Å². The van der Waals surface area contributed by atoms with E-state index in [4.69, 9.17) is 0 Å². The zero-order valence-electron chi connectivity index (χ0n) is 13.2. The van der Waals surface area contributed by atoms with Gasteiger partial charge < -0.3 is 15.1 Å². The number of nitrogens with zero attached hydrogens (tertiary/aromatic N) is 1. The molecule has 4 nitrogen and oxygen atoms in total. The molecule has 0 fully saturated rings. The largest absolute Gasteiger partial charge is 0.389 e. The molecule has 4 heteroatoms. The van der Waals surface area contributed by atoms with Crippen molar-refractivity contribution in [1.82, 2.24) is 10.6 Å². The molecule has 0 aromatic heterocycles. The molecule has 19 heavy (non-hydrogen) atoms. The third-order valence-electron chi connectivity index (χ3n) is 2.89. The summed E-state index contributed by atoms with van der Waals surface area (Å²) in [5.74, 6) is 0.0198. The van der Waals surface area contributed by atoms with Crippen molar-refractivity contribution in [3.8, 4) is 0 Å². The van der Waals surface area contributed by atoms with Crippen LogP contribution in [-0.4, -0.2) is 51.2 Å². The molecule has 0 radical (unpaired) electrons. The summed E-state index contributed by atoms with van der Waals surface area (Å²) in [5.41, 5.74) is 1.84. The van der Waals surface area contributed by atoms with Gasteiger partial charge in [-0.1, -0.05) is 12.7 Å². The van der Waals surface area contributed by atoms with Crippen LogP contribution in [0.5, 0.6) is 0 Å². The molecular formula is C15H30N3O+. The summed E-state index contributed by atoms with van der Waals surface area (Å²) in [6, 6.07) is 0. The van der Waals surface area contributed by atoms with Gasteiger partial charge >= 0.3 is 0 Å². The van der Waals surface area contributed by atoms with E-state index in [1.807, 2.05) is 19.9 Å². The minimum absolute atomic E-state index is 0.0198. The van der Waals surface area contributed by atoms with Crippen molar-refractivity contribution in [2.45, 2.75) is 26.7 Å². The molecule has 110 valence electrons. The third kappa shape index (κ3) is 10.3. The molecule has 0 aromatic carbocycles. The van der Waals surface area contributed by atoms with E-state index >= 15 is 0 Å². The molecular weight excluding hydrogens is 238 g/mol. The summed E-state index contributed by atoms with van der Waals surface area (Å²) in [5, 5.41) is 6.19. The smallest absolute Gasteiger partial charge is 0.246 e. The predicted molar refractivity (Wildman–Crippen MR) is 81.7 cm³/mol. The first-order valence-corrected chi connectivity index (χ1v) is 6.89. The van der Waals surface area contributed by atoms with Crippen LogP contribution in [0.4, 0.5) is 0 Å². The second kappa shape index (κ2) is 8.75. The highest BCUT2D eigenvalue weighted by atomic mass is 16.1. The van der Waals surface area contributed by atoms with Crippen molar-refractivity contribution < 1.29 is 9.28 Å². The van der Waals surface area contributed by atoms with E-state index in [-0.39, 0.29) is 5.91 Å². The van der Waals surface area contributed by atoms with Crippen LogP contribution in [0.2, 0.25) is 0 Å². The molecule has 0 aliphatic heterocycles. The number of allylic oxidation sites excluding steroid dienone is 1. The Balaban J connectivity index is 3.60. The Morgan fingerprint density at radius 3 is 2.32 bits per heavy atom. The van der Waals surface area contributed by atoms with E-state index in [1.54, 1.807) is 0 Å². The molecule has 0 aliphatic carbocycles. The molecule has 0 spiro atoms. The number of amides is 1. The van der Waals surface area contributed by atoms with Crippen LogP contribution in [0, 0.1) is 0 Å². The molecule has 0 atom stereocenters. The summed E-state index contributed by atoms with van der Waals surface area (Å²) in [6.07, 6.45) is 3.71. The highest BCUT2D eigenvalue weighted by Gasteiger charge is 2.07. The van der Waals surface area contributed by atoms with E-state index in [0.29, 0.717) is 6.54 Å². The van der Waals surface area contributed by atoms with Gasteiger partial charge in [0, 0.05) is 30.8 Å². The van der Waals surface area contributed by atoms with Gasteiger partial charge in [-0.2, -0.15) is 0 Å². The normalized spacial score (nSPS) is 12.2. The summed E-state index contributed by atoms with van der Waals surface area (Å²) in [6.45, 7) is 10.3. The zero-order valence-corrected chi connectivity index (χ0v) is 13.2. The van der Waals surface area contributed by atoms with Crippen molar-refractivity contribution in [1.29, 1.82) is 0 Å². The molecule has 0 heterocycles. The van der Waals surface area contributed by atoms with Crippen LogP contribution >= 0.6 is 0 Å². The summed E-state index contributed by atoms with van der Waals surface area (Å²) in [4.78, 5) is 11.5. The Bertz CT molecular complexity index is 327. The lowest BCUT2D eigenvalue weighted by molar-refractivity contribution is -0.870. The van der Waals surface area contributed by atoms with Crippen molar-refractivity contribution >= 4 is 5.91 Å². The van der Waals surface area contributed by atoms with E-state index < -0.39 is 0 Å². The average molecular weight is 268 g/mol. The molecule has 0 saturated heterocycles. The average Bonchev–Trinajstić information content (AvgIpc) is 2.33. The predicted octanol–water partition coefficient (Wildman–Crippen LogP) is 1.66. The number of hydrogen-bond acceptors (Lipinski definition) is 2. The Morgan fingerprint density at radius 1 is 1.21 bits per heavy atom. The minimum Gasteiger partial charge on any atom is -0.389 e. The first-order valence-electron chi connectivity index (χ1n) is 6.89. The van der Waals surface area contributed by atoms with Gasteiger partial charge in [0.25, 0.3) is 0 Å². The van der Waals surface area contributed by atoms with Gasteiger partial charge in [-0.15, -0.1) is 0 Å². The van der Waals surface area contributed by atoms with Crippen LogP contribution in [-0.2, 0) is 4.79 Å². The summed E-state index contributed by atoms with van der Waals surface area (Å²) >= 11 is 0. The van der Waals surface area contributed by atoms with Crippen molar-refractivity contribution in [3.05, 3.63) is 23.9 Å². The van der Waals surface area contributed by atoms with E-state index in [2.05, 4.69) is 38.4 Å². The molecule has 0 rings (SSSR count). The number of nitrogens with one attached hydrogen (secondary N) is 2. The molecule has 0 unspecified atom stereocenters. The van der Waals surface area contributed by atoms with Crippen molar-refractivity contribution in [2.75, 3.05) is 40.8 Å². The van der Waals surface area contributed by atoms with E-state index in [0.717, 1.165) is 41.7 Å². The van der Waals surface area contributed by atoms with Gasteiger partial charge in [-0.25, -0.2) is 0 Å². The summed E-state index contributed by atoms with van der Waals surface area (Å²) < 4.78 is 0.944. The maximum atomic E-state index is 11.5. The Hall–Kier alpha value is -1.29. The SMILES string of the molecule is C=C(CC[N+](C)(C)C)NCCCNC(=O)C(C)=CC. The first-order chi connectivity index (χ1) is 8.76. The second-order valence-corrected chi connectivity index (χ2v) is 5.88. The number of hydrogen-bond donors (Lipinski definition) is 2. The lowest BCUT2D eigenvalue weighted by Crippen LogP contribution is -2.36. The van der Waals surface area contributed by atoms with Crippen LogP contribution in [0.15, 0.2) is 23.9 Å². The zero-order chi connectivity index (χ0) is 14.9. The fourth-order valence-corrected chi connectivity index (χ4v) is 1.38. The maximum absolute atomic E-state index is 11.5. The van der Waals surface area contributed by atoms with Gasteiger partial charge in [0.2, 0.25) is 5.91 Å². The third-order valence-corrected chi connectivity index (χ3v) is 2.89. The maximum Gasteiger partial charge on any atom is 0.246 e. The quantitative estimate of drug-likeness (QED) is 0.379. The van der Waals surface area contributed by atoms with E-state index in [1.165, 1.54) is 0 Å². The molecule has 1 amide bonds. The number of carbonyl (C=O) groups excluding carboxylic acids is 1. The van der Waals surface area contributed by atoms with E-state index in [9.17, 15) is 4.79 Å². The van der Waals surface area contributed by atoms with Gasteiger partial charge in [0.15, 0.2) is 0 Å². The lowest BCUT2D eigenvalue weighted by atomic mass is 10.2. The first kappa shape index (κ1) is 17.7. The van der Waals surface area contributed by atoms with Gasteiger partial charge in [-0.3, -0.25) is 4.79 Å². The fraction of sp³-hybridized carbons (Fsp3) is 0.667. The molecule has 2 N–H and O–H groups in total.